The van der Waals surface area contributed by atoms with Gasteiger partial charge in [0.2, 0.25) is 0 Å². The van der Waals surface area contributed by atoms with Crippen LogP contribution in [0.5, 0.6) is 0 Å². The van der Waals surface area contributed by atoms with Crippen molar-refractivity contribution in [3.8, 4) is 0 Å². The van der Waals surface area contributed by atoms with E-state index in [1.165, 1.54) is 37.7 Å². The lowest BCUT2D eigenvalue weighted by molar-refractivity contribution is -0.117. The fourth-order valence-electron chi connectivity index (χ4n) is 9.21. The molecule has 4 aliphatic carbocycles. The highest BCUT2D eigenvalue weighted by molar-refractivity contribution is 5.91. The molecule has 1 aliphatic heterocycles. The summed E-state index contributed by atoms with van der Waals surface area (Å²) in [5, 5.41) is 17.3. The largest absolute Gasteiger partial charge is 0.436 e. The van der Waals surface area contributed by atoms with Crippen LogP contribution >= 0.6 is 0 Å². The molecule has 5 rings (SSSR count). The van der Waals surface area contributed by atoms with Crippen LogP contribution in [-0.2, 0) is 9.63 Å². The van der Waals surface area contributed by atoms with E-state index in [4.69, 9.17) is 4.84 Å². The van der Waals surface area contributed by atoms with E-state index in [0.29, 0.717) is 48.5 Å². The lowest BCUT2D eigenvalue weighted by atomic mass is 9.46. The quantitative estimate of drug-likeness (QED) is 0.281. The summed E-state index contributed by atoms with van der Waals surface area (Å²) < 4.78 is 0. The van der Waals surface area contributed by atoms with Gasteiger partial charge in [0.05, 0.1) is 12.3 Å². The lowest BCUT2D eigenvalue weighted by Crippen LogP contribution is -2.51. The van der Waals surface area contributed by atoms with Crippen LogP contribution in [0.2, 0.25) is 0 Å². The number of ketones is 1. The van der Waals surface area contributed by atoms with E-state index in [9.17, 15) is 14.7 Å². The van der Waals surface area contributed by atoms with Crippen LogP contribution in [0.3, 0.4) is 0 Å². The van der Waals surface area contributed by atoms with Gasteiger partial charge in [0.25, 0.3) is 0 Å². The van der Waals surface area contributed by atoms with Gasteiger partial charge in [-0.05, 0) is 112 Å². The molecule has 1 saturated heterocycles. The third-order valence-corrected chi connectivity index (χ3v) is 11.3. The second-order valence-corrected chi connectivity index (χ2v) is 13.0. The Kier molecular flexibility index (Phi) is 7.84. The minimum atomic E-state index is -0.457. The van der Waals surface area contributed by atoms with Crippen molar-refractivity contribution in [1.82, 2.24) is 10.2 Å². The van der Waals surface area contributed by atoms with Crippen molar-refractivity contribution in [2.24, 2.45) is 39.7 Å². The highest BCUT2D eigenvalue weighted by atomic mass is 16.7. The summed E-state index contributed by atoms with van der Waals surface area (Å²) in [6.07, 6.45) is 13.4. The van der Waals surface area contributed by atoms with E-state index in [0.717, 1.165) is 44.4 Å². The third kappa shape index (κ3) is 5.03. The molecule has 7 nitrogen and oxygen atoms in total. The summed E-state index contributed by atoms with van der Waals surface area (Å²) >= 11 is 0. The van der Waals surface area contributed by atoms with Gasteiger partial charge in [-0.3, -0.25) is 9.63 Å². The number of nitrogens with one attached hydrogen (secondary N) is 1. The molecule has 2 N–H and O–H groups in total. The Morgan fingerprint density at radius 1 is 1.14 bits per heavy atom. The average molecular weight is 514 g/mol. The van der Waals surface area contributed by atoms with Gasteiger partial charge >= 0.3 is 6.09 Å². The van der Waals surface area contributed by atoms with Crippen molar-refractivity contribution in [2.45, 2.75) is 97.4 Å². The molecule has 206 valence electrons. The van der Waals surface area contributed by atoms with E-state index in [2.05, 4.69) is 24.3 Å². The molecule has 4 fully saturated rings. The summed E-state index contributed by atoms with van der Waals surface area (Å²) in [6.45, 7) is 8.72. The van der Waals surface area contributed by atoms with Gasteiger partial charge in [-0.1, -0.05) is 24.6 Å². The zero-order valence-electron chi connectivity index (χ0n) is 23.1. The number of hydrogen-bond donors (Lipinski definition) is 2. The Bertz CT molecular complexity index is 941. The topological polar surface area (TPSA) is 91.2 Å². The van der Waals surface area contributed by atoms with Gasteiger partial charge in [-0.25, -0.2) is 4.79 Å². The number of aliphatic hydroxyl groups excluding tert-OH is 1. The first-order chi connectivity index (χ1) is 17.8. The molecule has 5 aliphatic rings. The number of fused-ring (bicyclic) bond motifs is 5. The van der Waals surface area contributed by atoms with Gasteiger partial charge in [0, 0.05) is 31.5 Å². The molecule has 0 radical (unpaired) electrons. The van der Waals surface area contributed by atoms with E-state index in [-0.39, 0.29) is 24.0 Å². The molecule has 0 aromatic carbocycles. The first-order valence-electron chi connectivity index (χ1n) is 14.8. The zero-order valence-corrected chi connectivity index (χ0v) is 23.1. The van der Waals surface area contributed by atoms with E-state index >= 15 is 0 Å². The number of carbonyl (C=O) groups excluding carboxylic acids is 2. The standard InChI is InChI=1S/C30H47N3O4/c1-20(32-37-28(36)33(17-18-34)16-12-22-5-4-15-31-22)25-8-9-26-24-7-6-21-19-23(35)10-13-29(21,2)27(24)11-14-30(25,26)3/h19,22,24-27,31,34H,4-18H2,1-3H3/b32-20+/t22?,24-,25+,26-,27-,29-,30+/m0/s1. The predicted octanol–water partition coefficient (Wildman–Crippen LogP) is 5.08. The molecule has 0 aromatic rings. The Morgan fingerprint density at radius 3 is 2.73 bits per heavy atom. The number of carbonyl (C=O) groups is 2. The Morgan fingerprint density at radius 2 is 1.97 bits per heavy atom. The smallest absolute Gasteiger partial charge is 0.395 e. The molecule has 0 spiro atoms. The summed E-state index contributed by atoms with van der Waals surface area (Å²) in [5.41, 5.74) is 2.73. The first kappa shape index (κ1) is 26.9. The van der Waals surface area contributed by atoms with Crippen LogP contribution in [0.15, 0.2) is 16.8 Å². The molecule has 0 aromatic heterocycles. The molecule has 37 heavy (non-hydrogen) atoms. The van der Waals surface area contributed by atoms with Crippen molar-refractivity contribution in [1.29, 1.82) is 0 Å². The summed E-state index contributed by atoms with van der Waals surface area (Å²) in [5.74, 6) is 2.70. The lowest BCUT2D eigenvalue weighted by Gasteiger charge is -2.58. The molecule has 7 heteroatoms. The normalized spacial score (nSPS) is 39.5. The van der Waals surface area contributed by atoms with Crippen molar-refractivity contribution in [3.63, 3.8) is 0 Å². The van der Waals surface area contributed by atoms with Gasteiger partial charge in [-0.2, -0.15) is 0 Å². The number of aliphatic hydroxyl groups is 1. The van der Waals surface area contributed by atoms with Crippen LogP contribution in [0, 0.1) is 34.5 Å². The second-order valence-electron chi connectivity index (χ2n) is 13.0. The SMILES string of the molecule is C/C(=N\OC(=O)N(CCO)CCC1CCCN1)[C@H]1CC[C@H]2[C@@H]3CCC4=CC(=O)CC[C@]4(C)[C@H]3CC[C@]12C. The number of amides is 1. The fourth-order valence-corrected chi connectivity index (χ4v) is 9.21. The number of oxime groups is 1. The van der Waals surface area contributed by atoms with Crippen LogP contribution in [0.4, 0.5) is 4.79 Å². The molecule has 7 atom stereocenters. The zero-order chi connectivity index (χ0) is 26.2. The minimum absolute atomic E-state index is 0.0786. The van der Waals surface area contributed by atoms with E-state index in [1.54, 1.807) is 4.90 Å². The predicted molar refractivity (Wildman–Crippen MR) is 144 cm³/mol. The van der Waals surface area contributed by atoms with E-state index < -0.39 is 6.09 Å². The van der Waals surface area contributed by atoms with Gasteiger partial charge in [0.15, 0.2) is 5.78 Å². The molecular formula is C30H47N3O4. The molecule has 1 unspecified atom stereocenters. The maximum Gasteiger partial charge on any atom is 0.436 e. The Balaban J connectivity index is 1.23. The van der Waals surface area contributed by atoms with Crippen LogP contribution in [0.1, 0.15) is 91.4 Å². The van der Waals surface area contributed by atoms with Gasteiger partial charge in [-0.15, -0.1) is 0 Å². The van der Waals surface area contributed by atoms with E-state index in [1.807, 2.05) is 13.0 Å². The number of nitrogens with zero attached hydrogens (tertiary/aromatic N) is 2. The van der Waals surface area contributed by atoms with Crippen LogP contribution in [-0.4, -0.2) is 59.9 Å². The Labute approximate surface area is 222 Å². The van der Waals surface area contributed by atoms with Crippen LogP contribution in [0.25, 0.3) is 0 Å². The van der Waals surface area contributed by atoms with Gasteiger partial charge < -0.3 is 15.3 Å². The molecule has 1 amide bonds. The van der Waals surface area contributed by atoms with Gasteiger partial charge in [0.1, 0.15) is 0 Å². The summed E-state index contributed by atoms with van der Waals surface area (Å²) in [4.78, 5) is 32.0. The molecule has 0 bridgehead atoms. The molecule has 3 saturated carbocycles. The number of allylic oxidation sites excluding steroid dienone is 1. The fraction of sp³-hybridized carbons (Fsp3) is 0.833. The van der Waals surface area contributed by atoms with Crippen molar-refractivity contribution in [3.05, 3.63) is 11.6 Å². The first-order valence-corrected chi connectivity index (χ1v) is 14.8. The molecule has 1 heterocycles. The molecular weight excluding hydrogens is 466 g/mol. The number of hydrogen-bond acceptors (Lipinski definition) is 6. The average Bonchev–Trinajstić information content (AvgIpc) is 3.52. The Hall–Kier alpha value is -1.73. The van der Waals surface area contributed by atoms with Crippen molar-refractivity contribution < 1.29 is 19.5 Å². The second kappa shape index (κ2) is 10.8. The monoisotopic (exact) mass is 513 g/mol. The number of rotatable bonds is 7. The van der Waals surface area contributed by atoms with Crippen molar-refractivity contribution >= 4 is 17.6 Å². The highest BCUT2D eigenvalue weighted by Gasteiger charge is 2.59. The van der Waals surface area contributed by atoms with Crippen LogP contribution < -0.4 is 5.32 Å². The summed E-state index contributed by atoms with van der Waals surface area (Å²) in [7, 11) is 0. The summed E-state index contributed by atoms with van der Waals surface area (Å²) in [6, 6.07) is 0.437. The maximum absolute atomic E-state index is 12.8. The highest BCUT2D eigenvalue weighted by Crippen LogP contribution is 2.66. The minimum Gasteiger partial charge on any atom is -0.395 e. The van der Waals surface area contributed by atoms with Crippen molar-refractivity contribution in [2.75, 3.05) is 26.2 Å². The maximum atomic E-state index is 12.8. The third-order valence-electron chi connectivity index (χ3n) is 11.3.